The highest BCUT2D eigenvalue weighted by atomic mass is 15.1. The van der Waals surface area contributed by atoms with E-state index < -0.39 is 0 Å². The number of hydrogen-bond donors (Lipinski definition) is 0. The first-order chi connectivity index (χ1) is 4.88. The molecule has 0 saturated heterocycles. The fraction of sp³-hybridized carbons (Fsp3) is 0.250. The van der Waals surface area contributed by atoms with Gasteiger partial charge in [0, 0.05) is 5.57 Å². The van der Waals surface area contributed by atoms with Crippen LogP contribution in [0.4, 0.5) is 0 Å². The van der Waals surface area contributed by atoms with E-state index in [1.54, 1.807) is 6.08 Å². The van der Waals surface area contributed by atoms with Crippen molar-refractivity contribution in [1.29, 1.82) is 0 Å². The molecule has 0 N–H and O–H groups in total. The lowest BCUT2D eigenvalue weighted by Crippen LogP contribution is -1.79. The monoisotopic (exact) mass is 134 g/mol. The molecule has 10 heavy (non-hydrogen) atoms. The molecular weight excluding hydrogens is 124 g/mol. The molecule has 0 unspecified atom stereocenters. The molecule has 0 spiro atoms. The van der Waals surface area contributed by atoms with E-state index >= 15 is 0 Å². The molecule has 52 valence electrons. The van der Waals surface area contributed by atoms with Crippen LogP contribution in [0.2, 0.25) is 0 Å². The van der Waals surface area contributed by atoms with Crippen molar-refractivity contribution in [3.05, 3.63) is 36.1 Å². The highest BCUT2D eigenvalue weighted by Crippen LogP contribution is 2.16. The molecule has 0 atom stereocenters. The number of rotatable bonds is 2. The summed E-state index contributed by atoms with van der Waals surface area (Å²) in [6, 6.07) is 0. The van der Waals surface area contributed by atoms with Gasteiger partial charge in [-0.3, -0.25) is 0 Å². The maximum Gasteiger partial charge on any atom is 0.0900 e. The van der Waals surface area contributed by atoms with Crippen LogP contribution >= 0.6 is 0 Å². The smallest absolute Gasteiger partial charge is 0.0900 e. The lowest BCUT2D eigenvalue weighted by atomic mass is 10.2. The van der Waals surface area contributed by atoms with Gasteiger partial charge in [0.1, 0.15) is 0 Å². The van der Waals surface area contributed by atoms with Crippen LogP contribution < -0.4 is 0 Å². The fourth-order valence-electron chi connectivity index (χ4n) is 0.800. The standard InChI is InChI=1S/C8H10N2/c1-3-5-8-7(4-2)6-9-10-8/h3-5H,2,6H2,1H3/b5-3-. The normalized spacial score (nSPS) is 17.3. The van der Waals surface area contributed by atoms with E-state index in [1.165, 1.54) is 0 Å². The molecule has 2 nitrogen and oxygen atoms in total. The molecule has 1 aliphatic rings. The first kappa shape index (κ1) is 6.93. The Morgan fingerprint density at radius 1 is 1.60 bits per heavy atom. The van der Waals surface area contributed by atoms with E-state index in [0.717, 1.165) is 11.3 Å². The predicted octanol–water partition coefficient (Wildman–Crippen LogP) is 2.47. The van der Waals surface area contributed by atoms with Gasteiger partial charge in [0.05, 0.1) is 12.2 Å². The van der Waals surface area contributed by atoms with Gasteiger partial charge in [-0.2, -0.15) is 10.2 Å². The SMILES string of the molecule is C=CC1=C(/C=C\C)N=NC1. The third kappa shape index (κ3) is 1.21. The van der Waals surface area contributed by atoms with Gasteiger partial charge in [-0.15, -0.1) is 0 Å². The second-order valence-electron chi connectivity index (χ2n) is 2.01. The Morgan fingerprint density at radius 3 is 3.00 bits per heavy atom. The van der Waals surface area contributed by atoms with Gasteiger partial charge in [-0.1, -0.05) is 18.7 Å². The van der Waals surface area contributed by atoms with E-state index in [1.807, 2.05) is 19.1 Å². The number of azo groups is 1. The van der Waals surface area contributed by atoms with Crippen molar-refractivity contribution in [3.8, 4) is 0 Å². The molecule has 0 amide bonds. The van der Waals surface area contributed by atoms with E-state index in [0.29, 0.717) is 6.54 Å². The summed E-state index contributed by atoms with van der Waals surface area (Å²) in [5.74, 6) is 0. The fourth-order valence-corrected chi connectivity index (χ4v) is 0.800. The van der Waals surface area contributed by atoms with Crippen LogP contribution in [0.15, 0.2) is 46.3 Å². The molecule has 0 aromatic carbocycles. The van der Waals surface area contributed by atoms with Crippen LogP contribution in [-0.4, -0.2) is 6.54 Å². The Morgan fingerprint density at radius 2 is 2.40 bits per heavy atom. The van der Waals surface area contributed by atoms with Crippen molar-refractivity contribution in [3.63, 3.8) is 0 Å². The summed E-state index contributed by atoms with van der Waals surface area (Å²) in [5.41, 5.74) is 2.05. The van der Waals surface area contributed by atoms with Crippen molar-refractivity contribution < 1.29 is 0 Å². The zero-order valence-corrected chi connectivity index (χ0v) is 6.04. The molecule has 0 fully saturated rings. The average Bonchev–Trinajstić information content (AvgIpc) is 2.36. The highest BCUT2D eigenvalue weighted by molar-refractivity contribution is 5.34. The predicted molar refractivity (Wildman–Crippen MR) is 41.8 cm³/mol. The van der Waals surface area contributed by atoms with E-state index in [4.69, 9.17) is 0 Å². The van der Waals surface area contributed by atoms with Crippen molar-refractivity contribution >= 4 is 0 Å². The van der Waals surface area contributed by atoms with Gasteiger partial charge >= 0.3 is 0 Å². The Kier molecular flexibility index (Phi) is 2.15. The molecule has 0 bridgehead atoms. The average molecular weight is 134 g/mol. The molecule has 0 aromatic heterocycles. The summed E-state index contributed by atoms with van der Waals surface area (Å²) in [6.07, 6.45) is 5.69. The van der Waals surface area contributed by atoms with Gasteiger partial charge in [0.25, 0.3) is 0 Å². The first-order valence-corrected chi connectivity index (χ1v) is 3.24. The van der Waals surface area contributed by atoms with Crippen molar-refractivity contribution in [2.24, 2.45) is 10.2 Å². The Bertz CT molecular complexity index is 221. The maximum atomic E-state index is 3.92. The minimum atomic E-state index is 0.684. The van der Waals surface area contributed by atoms with Crippen molar-refractivity contribution in [1.82, 2.24) is 0 Å². The van der Waals surface area contributed by atoms with Gasteiger partial charge in [0.15, 0.2) is 0 Å². The Labute approximate surface area is 60.7 Å². The first-order valence-electron chi connectivity index (χ1n) is 3.24. The zero-order valence-electron chi connectivity index (χ0n) is 6.04. The Hall–Kier alpha value is -1.18. The molecule has 2 heteroatoms. The third-order valence-electron chi connectivity index (χ3n) is 1.32. The molecule has 0 radical (unpaired) electrons. The molecule has 0 aliphatic carbocycles. The summed E-state index contributed by atoms with van der Waals surface area (Å²) >= 11 is 0. The molecule has 0 saturated carbocycles. The minimum Gasteiger partial charge on any atom is -0.184 e. The molecular formula is C8H10N2. The number of hydrogen-bond acceptors (Lipinski definition) is 2. The van der Waals surface area contributed by atoms with Crippen molar-refractivity contribution in [2.45, 2.75) is 6.92 Å². The topological polar surface area (TPSA) is 24.7 Å². The summed E-state index contributed by atoms with van der Waals surface area (Å²) in [5, 5.41) is 7.79. The van der Waals surface area contributed by atoms with Crippen LogP contribution in [0.5, 0.6) is 0 Å². The summed E-state index contributed by atoms with van der Waals surface area (Å²) in [4.78, 5) is 0. The largest absolute Gasteiger partial charge is 0.184 e. The summed E-state index contributed by atoms with van der Waals surface area (Å²) in [7, 11) is 0. The highest BCUT2D eigenvalue weighted by Gasteiger charge is 2.04. The third-order valence-corrected chi connectivity index (χ3v) is 1.32. The number of nitrogens with zero attached hydrogens (tertiary/aromatic N) is 2. The molecule has 1 heterocycles. The van der Waals surface area contributed by atoms with Crippen molar-refractivity contribution in [2.75, 3.05) is 6.54 Å². The lowest BCUT2D eigenvalue weighted by molar-refractivity contribution is 1.11. The molecule has 1 rings (SSSR count). The zero-order chi connectivity index (χ0) is 7.40. The maximum absolute atomic E-state index is 3.92. The van der Waals surface area contributed by atoms with Gasteiger partial charge < -0.3 is 0 Å². The van der Waals surface area contributed by atoms with Gasteiger partial charge in [-0.05, 0) is 13.0 Å². The molecule has 1 aliphatic heterocycles. The van der Waals surface area contributed by atoms with E-state index in [2.05, 4.69) is 16.8 Å². The van der Waals surface area contributed by atoms with Crippen LogP contribution in [0.25, 0.3) is 0 Å². The molecule has 0 aromatic rings. The quantitative estimate of drug-likeness (QED) is 0.554. The number of allylic oxidation sites excluding steroid dienone is 2. The van der Waals surface area contributed by atoms with Gasteiger partial charge in [-0.25, -0.2) is 0 Å². The second kappa shape index (κ2) is 3.11. The summed E-state index contributed by atoms with van der Waals surface area (Å²) in [6.45, 7) is 6.31. The summed E-state index contributed by atoms with van der Waals surface area (Å²) < 4.78 is 0. The van der Waals surface area contributed by atoms with Crippen LogP contribution in [0.3, 0.4) is 0 Å². The lowest BCUT2D eigenvalue weighted by Gasteiger charge is -1.88. The second-order valence-corrected chi connectivity index (χ2v) is 2.01. The van der Waals surface area contributed by atoms with E-state index in [9.17, 15) is 0 Å². The van der Waals surface area contributed by atoms with E-state index in [-0.39, 0.29) is 0 Å². The van der Waals surface area contributed by atoms with Crippen LogP contribution in [-0.2, 0) is 0 Å². The van der Waals surface area contributed by atoms with Crippen LogP contribution in [0.1, 0.15) is 6.92 Å². The minimum absolute atomic E-state index is 0.684. The van der Waals surface area contributed by atoms with Gasteiger partial charge in [0.2, 0.25) is 0 Å². The van der Waals surface area contributed by atoms with Crippen LogP contribution in [0, 0.1) is 0 Å². The Balaban J connectivity index is 2.86.